The van der Waals surface area contributed by atoms with Gasteiger partial charge in [0.2, 0.25) is 10.0 Å². The fourth-order valence-corrected chi connectivity index (χ4v) is 5.36. The lowest BCUT2D eigenvalue weighted by Crippen LogP contribution is -2.51. The standard InChI is InChI=1S/C24H37N3O5S/c1-6-8-9-10-20-11-12-23-21(14-20)32-22(16-26(5)24(29)25-13-7-2)18(3)15-27(19(4)17-28)33(23,30)31/h11-12,14,18-19,22,28H,6-8,13,15-17H2,1-5H3,(H,25,29)/t18-,19-,22+/m1/s1. The van der Waals surface area contributed by atoms with Crippen molar-refractivity contribution in [3.63, 3.8) is 0 Å². The van der Waals surface area contributed by atoms with Crippen LogP contribution in [-0.4, -0.2) is 74.2 Å². The van der Waals surface area contributed by atoms with Crippen molar-refractivity contribution in [1.82, 2.24) is 14.5 Å². The number of carbonyl (C=O) groups excluding carboxylic acids is 1. The van der Waals surface area contributed by atoms with Crippen molar-refractivity contribution in [3.8, 4) is 17.6 Å². The van der Waals surface area contributed by atoms with Gasteiger partial charge in [-0.15, -0.1) is 0 Å². The predicted octanol–water partition coefficient (Wildman–Crippen LogP) is 2.66. The quantitative estimate of drug-likeness (QED) is 0.586. The van der Waals surface area contributed by atoms with Crippen molar-refractivity contribution >= 4 is 16.1 Å². The lowest BCUT2D eigenvalue weighted by Gasteiger charge is -2.37. The van der Waals surface area contributed by atoms with Crippen LogP contribution < -0.4 is 10.1 Å². The average molecular weight is 480 g/mol. The zero-order valence-electron chi connectivity index (χ0n) is 20.3. The molecule has 9 heteroatoms. The van der Waals surface area contributed by atoms with E-state index in [1.807, 2.05) is 20.8 Å². The van der Waals surface area contributed by atoms with Gasteiger partial charge in [0.1, 0.15) is 16.7 Å². The monoisotopic (exact) mass is 479 g/mol. The first-order chi connectivity index (χ1) is 15.6. The van der Waals surface area contributed by atoms with Crippen molar-refractivity contribution in [2.24, 2.45) is 5.92 Å². The first-order valence-electron chi connectivity index (χ1n) is 11.6. The van der Waals surface area contributed by atoms with E-state index in [1.54, 1.807) is 31.0 Å². The fraction of sp³-hybridized carbons (Fsp3) is 0.625. The minimum Gasteiger partial charge on any atom is -0.487 e. The normalized spacial score (nSPS) is 20.8. The first-order valence-corrected chi connectivity index (χ1v) is 13.0. The highest BCUT2D eigenvalue weighted by Crippen LogP contribution is 2.34. The van der Waals surface area contributed by atoms with E-state index in [4.69, 9.17) is 4.74 Å². The second-order valence-electron chi connectivity index (χ2n) is 8.57. The van der Waals surface area contributed by atoms with E-state index >= 15 is 0 Å². The summed E-state index contributed by atoms with van der Waals surface area (Å²) in [6.07, 6.45) is 2.05. The van der Waals surface area contributed by atoms with Gasteiger partial charge in [-0.05, 0) is 38.0 Å². The maximum absolute atomic E-state index is 13.5. The summed E-state index contributed by atoms with van der Waals surface area (Å²) in [6.45, 7) is 8.32. The Bertz CT molecular complexity index is 970. The Hall–Kier alpha value is -2.28. The molecule has 184 valence electrons. The van der Waals surface area contributed by atoms with Crippen molar-refractivity contribution in [1.29, 1.82) is 0 Å². The van der Waals surface area contributed by atoms with Crippen molar-refractivity contribution in [3.05, 3.63) is 23.8 Å². The number of rotatable bonds is 7. The summed E-state index contributed by atoms with van der Waals surface area (Å²) in [5.41, 5.74) is 0.667. The zero-order chi connectivity index (χ0) is 24.6. The number of sulfonamides is 1. The molecule has 0 aliphatic carbocycles. The number of aliphatic hydroxyl groups excluding tert-OH is 1. The molecule has 0 saturated heterocycles. The number of carbonyl (C=O) groups is 1. The second kappa shape index (κ2) is 12.3. The summed E-state index contributed by atoms with van der Waals surface area (Å²) in [6, 6.07) is 4.04. The highest BCUT2D eigenvalue weighted by molar-refractivity contribution is 7.89. The number of benzene rings is 1. The highest BCUT2D eigenvalue weighted by atomic mass is 32.2. The first kappa shape index (κ1) is 27.0. The Morgan fingerprint density at radius 2 is 2.09 bits per heavy atom. The van der Waals surface area contributed by atoms with Crippen molar-refractivity contribution in [2.75, 3.05) is 33.3 Å². The Morgan fingerprint density at radius 3 is 2.73 bits per heavy atom. The van der Waals surface area contributed by atoms with Gasteiger partial charge in [0.15, 0.2) is 0 Å². The molecule has 2 N–H and O–H groups in total. The molecule has 0 spiro atoms. The molecule has 0 radical (unpaired) electrons. The van der Waals surface area contributed by atoms with Crippen LogP contribution in [0.25, 0.3) is 0 Å². The smallest absolute Gasteiger partial charge is 0.317 e. The maximum atomic E-state index is 13.5. The Morgan fingerprint density at radius 1 is 1.36 bits per heavy atom. The number of unbranched alkanes of at least 4 members (excludes halogenated alkanes) is 1. The summed E-state index contributed by atoms with van der Waals surface area (Å²) in [5.74, 6) is 6.11. The lowest BCUT2D eigenvalue weighted by atomic mass is 10.0. The molecule has 8 nitrogen and oxygen atoms in total. The SMILES string of the molecule is CCCC#Cc1ccc2c(c1)O[C@@H](CN(C)C(=O)NCCC)[C@H](C)CN([C@H](C)CO)S2(=O)=O. The molecular formula is C24H37N3O5S. The van der Waals surface area contributed by atoms with E-state index in [1.165, 1.54) is 10.4 Å². The number of aliphatic hydroxyl groups is 1. The van der Waals surface area contributed by atoms with Crippen LogP contribution in [0.4, 0.5) is 4.79 Å². The van der Waals surface area contributed by atoms with Gasteiger partial charge in [0.05, 0.1) is 13.2 Å². The van der Waals surface area contributed by atoms with Crippen molar-refractivity contribution < 1.29 is 23.1 Å². The van der Waals surface area contributed by atoms with Gasteiger partial charge in [-0.1, -0.05) is 32.6 Å². The van der Waals surface area contributed by atoms with Gasteiger partial charge < -0.3 is 20.1 Å². The van der Waals surface area contributed by atoms with Gasteiger partial charge in [-0.2, -0.15) is 4.31 Å². The molecule has 0 unspecified atom stereocenters. The number of amides is 2. The van der Waals surface area contributed by atoms with Gasteiger partial charge >= 0.3 is 6.03 Å². The fourth-order valence-electron chi connectivity index (χ4n) is 3.53. The van der Waals surface area contributed by atoms with Crippen LogP contribution >= 0.6 is 0 Å². The van der Waals surface area contributed by atoms with E-state index in [-0.39, 0.29) is 42.3 Å². The van der Waals surface area contributed by atoms with Gasteiger partial charge in [0.25, 0.3) is 0 Å². The second-order valence-corrected chi connectivity index (χ2v) is 10.4. The Balaban J connectivity index is 2.48. The average Bonchev–Trinajstić information content (AvgIpc) is 2.79. The van der Waals surface area contributed by atoms with Crippen molar-refractivity contribution in [2.45, 2.75) is 64.0 Å². The topological polar surface area (TPSA) is 99.2 Å². The van der Waals surface area contributed by atoms with E-state index < -0.39 is 22.2 Å². The van der Waals surface area contributed by atoms with Crippen LogP contribution in [-0.2, 0) is 10.0 Å². The Labute approximate surface area is 198 Å². The molecule has 3 atom stereocenters. The number of urea groups is 1. The van der Waals surface area contributed by atoms with Crippen LogP contribution in [0.2, 0.25) is 0 Å². The number of hydrogen-bond acceptors (Lipinski definition) is 5. The molecule has 1 aromatic carbocycles. The third kappa shape index (κ3) is 6.85. The number of ether oxygens (including phenoxy) is 1. The maximum Gasteiger partial charge on any atom is 0.317 e. The number of likely N-dealkylation sites (N-methyl/N-ethyl adjacent to an activating group) is 1. The molecule has 0 fully saturated rings. The third-order valence-corrected chi connectivity index (χ3v) is 7.62. The largest absolute Gasteiger partial charge is 0.487 e. The van der Waals surface area contributed by atoms with E-state index in [9.17, 15) is 18.3 Å². The van der Waals surface area contributed by atoms with E-state index in [0.29, 0.717) is 12.1 Å². The molecule has 1 aliphatic rings. The van der Waals surface area contributed by atoms with Gasteiger partial charge in [0, 0.05) is 44.1 Å². The number of nitrogens with zero attached hydrogens (tertiary/aromatic N) is 2. The summed E-state index contributed by atoms with van der Waals surface area (Å²) < 4.78 is 34.5. The molecule has 2 amide bonds. The molecule has 1 aliphatic heterocycles. The summed E-state index contributed by atoms with van der Waals surface area (Å²) in [4.78, 5) is 14.0. The molecule has 2 rings (SSSR count). The molecular weight excluding hydrogens is 442 g/mol. The van der Waals surface area contributed by atoms with Crippen LogP contribution in [0.5, 0.6) is 5.75 Å². The minimum absolute atomic E-state index is 0.0406. The van der Waals surface area contributed by atoms with E-state index in [0.717, 1.165) is 19.3 Å². The summed E-state index contributed by atoms with van der Waals surface area (Å²) in [7, 11) is -2.21. The minimum atomic E-state index is -3.90. The number of fused-ring (bicyclic) bond motifs is 1. The highest BCUT2D eigenvalue weighted by Gasteiger charge is 2.38. The molecule has 1 aromatic rings. The van der Waals surface area contributed by atoms with Gasteiger partial charge in [-0.25, -0.2) is 13.2 Å². The van der Waals surface area contributed by atoms with Crippen LogP contribution in [0.3, 0.4) is 0 Å². The molecule has 0 bridgehead atoms. The number of hydrogen-bond donors (Lipinski definition) is 2. The van der Waals surface area contributed by atoms with E-state index in [2.05, 4.69) is 17.2 Å². The molecule has 1 heterocycles. The lowest BCUT2D eigenvalue weighted by molar-refractivity contribution is 0.0812. The molecule has 33 heavy (non-hydrogen) atoms. The third-order valence-electron chi connectivity index (χ3n) is 5.60. The summed E-state index contributed by atoms with van der Waals surface area (Å²) >= 11 is 0. The zero-order valence-corrected chi connectivity index (χ0v) is 21.1. The molecule has 0 aromatic heterocycles. The van der Waals surface area contributed by atoms with Gasteiger partial charge in [-0.3, -0.25) is 0 Å². The summed E-state index contributed by atoms with van der Waals surface area (Å²) in [5, 5.41) is 12.6. The predicted molar refractivity (Wildman–Crippen MR) is 129 cm³/mol. The van der Waals surface area contributed by atoms with Crippen LogP contribution in [0.15, 0.2) is 23.1 Å². The Kier molecular flexibility index (Phi) is 10.0. The van der Waals surface area contributed by atoms with Crippen LogP contribution in [0, 0.1) is 17.8 Å². The van der Waals surface area contributed by atoms with Crippen LogP contribution in [0.1, 0.15) is 52.5 Å². The number of nitrogens with one attached hydrogen (secondary N) is 1. The molecule has 0 saturated carbocycles.